The van der Waals surface area contributed by atoms with E-state index >= 15 is 0 Å². The van der Waals surface area contributed by atoms with Crippen LogP contribution in [0.15, 0.2) is 4.34 Å². The number of anilines is 2. The van der Waals surface area contributed by atoms with Gasteiger partial charge in [-0.15, -0.1) is 21.5 Å². The molecule has 0 aliphatic heterocycles. The van der Waals surface area contributed by atoms with Crippen molar-refractivity contribution in [3.05, 3.63) is 16.0 Å². The van der Waals surface area contributed by atoms with Gasteiger partial charge >= 0.3 is 5.97 Å². The first-order valence-electron chi connectivity index (χ1n) is 8.93. The number of ether oxygens (including phenoxy) is 1. The van der Waals surface area contributed by atoms with Crippen molar-refractivity contribution < 1.29 is 22.7 Å². The Balaban J connectivity index is 1.88. The quantitative estimate of drug-likeness (QED) is 0.521. The molecule has 29 heavy (non-hydrogen) atoms. The smallest absolute Gasteiger partial charge is 0.341 e. The number of aromatic nitrogens is 2. The van der Waals surface area contributed by atoms with Gasteiger partial charge in [0.25, 0.3) is 14.4 Å². The molecule has 0 unspecified atom stereocenters. The number of fused-ring (bicyclic) bond motifs is 1. The summed E-state index contributed by atoms with van der Waals surface area (Å²) in [5.74, 6) is -0.873. The third-order valence-corrected chi connectivity index (χ3v) is 8.22. The van der Waals surface area contributed by atoms with Gasteiger partial charge in [-0.2, -0.15) is 8.42 Å². The summed E-state index contributed by atoms with van der Waals surface area (Å²) < 4.78 is 32.6. The predicted molar refractivity (Wildman–Crippen MR) is 111 cm³/mol. The molecule has 0 saturated heterocycles. The molecule has 0 bridgehead atoms. The highest BCUT2D eigenvalue weighted by molar-refractivity contribution is 7.94. The Bertz CT molecular complexity index is 1050. The second kappa shape index (κ2) is 8.00. The van der Waals surface area contributed by atoms with E-state index in [0.717, 1.165) is 41.0 Å². The first-order chi connectivity index (χ1) is 13.5. The number of carbonyl (C=O) groups excluding carboxylic acids is 2. The monoisotopic (exact) mass is 458 g/mol. The molecule has 1 aliphatic rings. The minimum atomic E-state index is -4.08. The maximum atomic E-state index is 12.8. The first kappa shape index (κ1) is 21.7. The van der Waals surface area contributed by atoms with Gasteiger partial charge in [0.05, 0.1) is 12.7 Å². The molecule has 12 heteroatoms. The summed E-state index contributed by atoms with van der Waals surface area (Å²) in [6.07, 6.45) is 3.44. The van der Waals surface area contributed by atoms with E-state index in [1.165, 1.54) is 18.4 Å². The van der Waals surface area contributed by atoms with E-state index in [4.69, 9.17) is 4.74 Å². The van der Waals surface area contributed by atoms with Crippen molar-refractivity contribution in [2.75, 3.05) is 17.1 Å². The molecule has 2 aromatic rings. The molecule has 2 heterocycles. The van der Waals surface area contributed by atoms with E-state index in [1.54, 1.807) is 20.8 Å². The molecule has 2 aromatic heterocycles. The highest BCUT2D eigenvalue weighted by atomic mass is 32.2. The molecule has 0 saturated carbocycles. The summed E-state index contributed by atoms with van der Waals surface area (Å²) >= 11 is 1.99. The van der Waals surface area contributed by atoms with Gasteiger partial charge in [0.2, 0.25) is 11.0 Å². The number of carbonyl (C=O) groups is 2. The van der Waals surface area contributed by atoms with Gasteiger partial charge in [-0.1, -0.05) is 32.1 Å². The fourth-order valence-electron chi connectivity index (χ4n) is 2.77. The van der Waals surface area contributed by atoms with Crippen LogP contribution in [0.2, 0.25) is 0 Å². The number of methoxy groups -OCH3 is 1. The molecule has 2 N–H and O–H groups in total. The Morgan fingerprint density at radius 1 is 1.10 bits per heavy atom. The summed E-state index contributed by atoms with van der Waals surface area (Å²) in [6, 6.07) is 0. The molecular weight excluding hydrogens is 436 g/mol. The zero-order chi connectivity index (χ0) is 21.4. The van der Waals surface area contributed by atoms with E-state index in [9.17, 15) is 18.0 Å². The summed E-state index contributed by atoms with van der Waals surface area (Å²) in [5, 5.41) is 10.3. The van der Waals surface area contributed by atoms with Crippen molar-refractivity contribution in [2.45, 2.75) is 50.8 Å². The number of esters is 1. The lowest BCUT2D eigenvalue weighted by Gasteiger charge is -2.15. The molecule has 0 atom stereocenters. The highest BCUT2D eigenvalue weighted by Gasteiger charge is 2.30. The Hall–Kier alpha value is -2.05. The van der Waals surface area contributed by atoms with Gasteiger partial charge in [0.15, 0.2) is 0 Å². The molecule has 1 amide bonds. The van der Waals surface area contributed by atoms with Crippen LogP contribution in [-0.4, -0.2) is 37.6 Å². The van der Waals surface area contributed by atoms with Crippen LogP contribution in [0.3, 0.4) is 0 Å². The number of hydrogen-bond donors (Lipinski definition) is 2. The van der Waals surface area contributed by atoms with E-state index in [0.29, 0.717) is 6.42 Å². The third-order valence-electron chi connectivity index (χ3n) is 4.33. The largest absolute Gasteiger partial charge is 0.465 e. The number of amides is 1. The fourth-order valence-corrected chi connectivity index (χ4v) is 6.25. The Labute approximate surface area is 176 Å². The second-order valence-corrected chi connectivity index (χ2v) is 11.5. The number of hydrogen-bond acceptors (Lipinski definition) is 9. The SMILES string of the molecule is COC(=O)c1c(NS(=O)(=O)c2nnc(NC(=O)C(C)(C)C)s2)sc2c1CCCC2. The van der Waals surface area contributed by atoms with Crippen molar-refractivity contribution in [3.63, 3.8) is 0 Å². The average molecular weight is 459 g/mol. The molecule has 0 fully saturated rings. The van der Waals surface area contributed by atoms with Crippen molar-refractivity contribution in [2.24, 2.45) is 5.41 Å². The van der Waals surface area contributed by atoms with Gasteiger partial charge in [-0.25, -0.2) is 4.79 Å². The highest BCUT2D eigenvalue weighted by Crippen LogP contribution is 2.39. The Kier molecular flexibility index (Phi) is 5.97. The lowest BCUT2D eigenvalue weighted by atomic mass is 9.95. The topological polar surface area (TPSA) is 127 Å². The molecule has 0 spiro atoms. The van der Waals surface area contributed by atoms with Crippen LogP contribution in [0.1, 0.15) is 54.4 Å². The molecule has 1 aliphatic carbocycles. The predicted octanol–water partition coefficient (Wildman–Crippen LogP) is 3.05. The van der Waals surface area contributed by atoms with Gasteiger partial charge in [0.1, 0.15) is 5.00 Å². The van der Waals surface area contributed by atoms with Gasteiger partial charge in [-0.05, 0) is 31.2 Å². The summed E-state index contributed by atoms with van der Waals surface area (Å²) in [7, 11) is -2.81. The number of sulfonamides is 1. The second-order valence-electron chi connectivity index (χ2n) is 7.59. The third kappa shape index (κ3) is 4.59. The van der Waals surface area contributed by atoms with E-state index < -0.39 is 21.4 Å². The minimum absolute atomic E-state index is 0.0870. The first-order valence-corrected chi connectivity index (χ1v) is 12.0. The number of nitrogens with zero attached hydrogens (tertiary/aromatic N) is 2. The Morgan fingerprint density at radius 2 is 1.79 bits per heavy atom. The zero-order valence-corrected chi connectivity index (χ0v) is 18.9. The normalized spacial score (nSPS) is 14.2. The van der Waals surface area contributed by atoms with Gasteiger partial charge in [0, 0.05) is 10.3 Å². The number of rotatable bonds is 5. The summed E-state index contributed by atoms with van der Waals surface area (Å²) in [6.45, 7) is 5.19. The van der Waals surface area contributed by atoms with Crippen LogP contribution in [-0.2, 0) is 32.4 Å². The lowest BCUT2D eigenvalue weighted by molar-refractivity contribution is -0.123. The van der Waals surface area contributed by atoms with Gasteiger partial charge < -0.3 is 10.1 Å². The van der Waals surface area contributed by atoms with E-state index in [1.807, 2.05) is 0 Å². The van der Waals surface area contributed by atoms with E-state index in [-0.39, 0.29) is 25.9 Å². The number of thiophene rings is 1. The van der Waals surface area contributed by atoms with Gasteiger partial charge in [-0.3, -0.25) is 9.52 Å². The zero-order valence-electron chi connectivity index (χ0n) is 16.5. The van der Waals surface area contributed by atoms with Crippen LogP contribution < -0.4 is 10.0 Å². The molecule has 0 aromatic carbocycles. The van der Waals surface area contributed by atoms with Crippen LogP contribution in [0.5, 0.6) is 0 Å². The van der Waals surface area contributed by atoms with Crippen molar-refractivity contribution >= 4 is 54.7 Å². The van der Waals surface area contributed by atoms with Crippen LogP contribution in [0, 0.1) is 5.41 Å². The summed E-state index contributed by atoms with van der Waals surface area (Å²) in [5.41, 5.74) is 0.455. The Morgan fingerprint density at radius 3 is 2.45 bits per heavy atom. The van der Waals surface area contributed by atoms with Crippen molar-refractivity contribution in [1.29, 1.82) is 0 Å². The average Bonchev–Trinajstić information content (AvgIpc) is 3.24. The number of nitrogens with one attached hydrogen (secondary N) is 2. The molecule has 0 radical (unpaired) electrons. The van der Waals surface area contributed by atoms with Crippen LogP contribution >= 0.6 is 22.7 Å². The molecular formula is C17H22N4O5S3. The van der Waals surface area contributed by atoms with Crippen molar-refractivity contribution in [3.8, 4) is 0 Å². The number of aryl methyl sites for hydroxylation is 1. The molecule has 158 valence electrons. The standard InChI is InChI=1S/C17H22N4O5S3/c1-17(2,3)14(23)18-15-19-20-16(28-15)29(24,25)21-12-11(13(22)26-4)9-7-5-6-8-10(9)27-12/h21H,5-8H2,1-4H3,(H,18,19,23). The minimum Gasteiger partial charge on any atom is -0.465 e. The van der Waals surface area contributed by atoms with Crippen LogP contribution in [0.4, 0.5) is 10.1 Å². The van der Waals surface area contributed by atoms with Crippen LogP contribution in [0.25, 0.3) is 0 Å². The molecule has 9 nitrogen and oxygen atoms in total. The van der Waals surface area contributed by atoms with Crippen molar-refractivity contribution in [1.82, 2.24) is 10.2 Å². The maximum Gasteiger partial charge on any atom is 0.341 e. The maximum absolute atomic E-state index is 12.8. The fraction of sp³-hybridized carbons (Fsp3) is 0.529. The summed E-state index contributed by atoms with van der Waals surface area (Å²) in [4.78, 5) is 25.3. The molecule has 3 rings (SSSR count). The van der Waals surface area contributed by atoms with E-state index in [2.05, 4.69) is 20.2 Å². The lowest BCUT2D eigenvalue weighted by Crippen LogP contribution is -2.27.